The van der Waals surface area contributed by atoms with Crippen molar-refractivity contribution in [3.8, 4) is 17.2 Å². The number of fused-ring (bicyclic) bond motifs is 1. The number of hydrogen-bond donors (Lipinski definition) is 1. The number of ether oxygens (including phenoxy) is 3. The number of carbonyl (C=O) groups is 2. The average molecular weight is 720 g/mol. The number of Topliss-reactive ketones (excluding diaryl/α,β-unsaturated/α-hetero) is 1. The lowest BCUT2D eigenvalue weighted by molar-refractivity contribution is -0.117. The van der Waals surface area contributed by atoms with Crippen LogP contribution in [0.4, 0.5) is 5.13 Å². The fourth-order valence-corrected chi connectivity index (χ4v) is 7.44. The first-order valence-corrected chi connectivity index (χ1v) is 18.0. The molecule has 49 heavy (non-hydrogen) atoms. The van der Waals surface area contributed by atoms with Gasteiger partial charge in [-0.3, -0.25) is 14.5 Å². The molecule has 6 rings (SSSR count). The zero-order chi connectivity index (χ0) is 34.5. The Bertz CT molecular complexity index is 2010. The van der Waals surface area contributed by atoms with Crippen LogP contribution in [-0.2, 0) is 10.5 Å². The number of ketones is 1. The van der Waals surface area contributed by atoms with Crippen LogP contribution < -0.4 is 19.1 Å². The molecule has 0 bridgehead atoms. The Kier molecular flexibility index (Phi) is 10.8. The van der Waals surface area contributed by atoms with Crippen LogP contribution >= 0.6 is 34.7 Å². The lowest BCUT2D eigenvalue weighted by atomic mass is 9.95. The summed E-state index contributed by atoms with van der Waals surface area (Å²) < 4.78 is 24.0. The van der Waals surface area contributed by atoms with E-state index in [-0.39, 0.29) is 16.5 Å². The SMILES string of the molecule is CCCCCOc1ccc(C2C(C(=O)c3cc4cccc(OC)c4o3)=C(O)C(=O)N2c2nnc(SCc3ccc(Cl)cc3)s2)cc1OCC. The van der Waals surface area contributed by atoms with Gasteiger partial charge in [0, 0.05) is 16.2 Å². The van der Waals surface area contributed by atoms with Gasteiger partial charge in [0.1, 0.15) is 0 Å². The predicted molar refractivity (Wildman–Crippen MR) is 191 cm³/mol. The molecule has 0 aliphatic carbocycles. The van der Waals surface area contributed by atoms with Crippen LogP contribution in [0.5, 0.6) is 17.2 Å². The monoisotopic (exact) mass is 719 g/mol. The van der Waals surface area contributed by atoms with Crippen LogP contribution in [0.2, 0.25) is 5.02 Å². The first-order chi connectivity index (χ1) is 23.8. The molecular formula is C36H34ClN3O7S2. The second kappa shape index (κ2) is 15.4. The van der Waals surface area contributed by atoms with Gasteiger partial charge in [-0.1, -0.05) is 84.8 Å². The van der Waals surface area contributed by atoms with Gasteiger partial charge in [0.15, 0.2) is 38.7 Å². The van der Waals surface area contributed by atoms with Gasteiger partial charge in [-0.25, -0.2) is 0 Å². The molecule has 0 fully saturated rings. The van der Waals surface area contributed by atoms with E-state index in [9.17, 15) is 14.7 Å². The van der Waals surface area contributed by atoms with E-state index in [2.05, 4.69) is 17.1 Å². The molecule has 2 aromatic heterocycles. The molecule has 3 heterocycles. The Hall–Kier alpha value is -4.52. The van der Waals surface area contributed by atoms with Crippen molar-refractivity contribution in [2.75, 3.05) is 25.2 Å². The number of aliphatic hydroxyl groups excluding tert-OH is 1. The number of para-hydroxylation sites is 1. The molecule has 1 aliphatic heterocycles. The molecular weight excluding hydrogens is 686 g/mol. The molecule has 13 heteroatoms. The highest BCUT2D eigenvalue weighted by Crippen LogP contribution is 2.46. The normalized spacial score (nSPS) is 14.6. The summed E-state index contributed by atoms with van der Waals surface area (Å²) in [6, 6.07) is 18.5. The van der Waals surface area contributed by atoms with Crippen molar-refractivity contribution >= 4 is 62.5 Å². The van der Waals surface area contributed by atoms with Gasteiger partial charge in [-0.15, -0.1) is 10.2 Å². The van der Waals surface area contributed by atoms with E-state index in [0.717, 1.165) is 24.8 Å². The van der Waals surface area contributed by atoms with Gasteiger partial charge in [0.05, 0.1) is 31.9 Å². The number of amides is 1. The number of rotatable bonds is 15. The first kappa shape index (κ1) is 34.3. The van der Waals surface area contributed by atoms with Gasteiger partial charge in [0.2, 0.25) is 10.9 Å². The smallest absolute Gasteiger partial charge is 0.296 e. The van der Waals surface area contributed by atoms with Crippen LogP contribution in [0.1, 0.15) is 60.8 Å². The molecule has 5 aromatic rings. The Morgan fingerprint density at radius 1 is 1.02 bits per heavy atom. The number of furan rings is 1. The first-order valence-electron chi connectivity index (χ1n) is 15.8. The van der Waals surface area contributed by atoms with Crippen molar-refractivity contribution in [1.82, 2.24) is 10.2 Å². The topological polar surface area (TPSA) is 124 Å². The number of methoxy groups -OCH3 is 1. The number of hydrogen-bond acceptors (Lipinski definition) is 11. The number of aliphatic hydroxyl groups is 1. The number of nitrogens with zero attached hydrogens (tertiary/aromatic N) is 3. The van der Waals surface area contributed by atoms with Gasteiger partial charge in [-0.05, 0) is 60.9 Å². The number of unbranched alkanes of at least 4 members (excludes halogenated alkanes) is 2. The van der Waals surface area contributed by atoms with Crippen molar-refractivity contribution < 1.29 is 33.3 Å². The highest BCUT2D eigenvalue weighted by Gasteiger charge is 2.47. The Labute approximate surface area is 296 Å². The fraction of sp³-hybridized carbons (Fsp3) is 0.278. The number of benzene rings is 3. The molecule has 1 N–H and O–H groups in total. The Balaban J connectivity index is 1.39. The van der Waals surface area contributed by atoms with E-state index >= 15 is 0 Å². The molecule has 254 valence electrons. The van der Waals surface area contributed by atoms with E-state index < -0.39 is 23.5 Å². The maximum absolute atomic E-state index is 14.3. The van der Waals surface area contributed by atoms with Crippen molar-refractivity contribution in [2.24, 2.45) is 0 Å². The lowest BCUT2D eigenvalue weighted by Crippen LogP contribution is -2.31. The molecule has 0 spiro atoms. The van der Waals surface area contributed by atoms with Gasteiger partial charge < -0.3 is 23.7 Å². The van der Waals surface area contributed by atoms with E-state index in [1.165, 1.54) is 35.1 Å². The summed E-state index contributed by atoms with van der Waals surface area (Å²) in [5, 5.41) is 21.5. The predicted octanol–water partition coefficient (Wildman–Crippen LogP) is 8.99. The molecule has 1 unspecified atom stereocenters. The summed E-state index contributed by atoms with van der Waals surface area (Å²) in [4.78, 5) is 29.5. The number of thioether (sulfide) groups is 1. The molecule has 1 amide bonds. The second-order valence-corrected chi connectivity index (χ2v) is 13.7. The quantitative estimate of drug-likeness (QED) is 0.0485. The van der Waals surface area contributed by atoms with Gasteiger partial charge >= 0.3 is 0 Å². The van der Waals surface area contributed by atoms with Crippen molar-refractivity contribution in [3.63, 3.8) is 0 Å². The molecule has 0 radical (unpaired) electrons. The summed E-state index contributed by atoms with van der Waals surface area (Å²) in [6.45, 7) is 4.86. The van der Waals surface area contributed by atoms with Gasteiger partial charge in [0.25, 0.3) is 5.91 Å². The van der Waals surface area contributed by atoms with Crippen LogP contribution in [-0.4, -0.2) is 47.3 Å². The minimum atomic E-state index is -1.08. The number of halogens is 1. The molecule has 10 nitrogen and oxygen atoms in total. The molecule has 1 aliphatic rings. The number of carbonyl (C=O) groups excluding carboxylic acids is 2. The number of aromatic nitrogens is 2. The lowest BCUT2D eigenvalue weighted by Gasteiger charge is -2.25. The van der Waals surface area contributed by atoms with E-state index in [1.54, 1.807) is 42.5 Å². The number of anilines is 1. The Morgan fingerprint density at radius 2 is 1.84 bits per heavy atom. The molecule has 0 saturated heterocycles. The summed E-state index contributed by atoms with van der Waals surface area (Å²) in [5.41, 5.74) is 1.76. The highest BCUT2D eigenvalue weighted by atomic mass is 35.5. The Morgan fingerprint density at radius 3 is 2.59 bits per heavy atom. The third kappa shape index (κ3) is 7.26. The highest BCUT2D eigenvalue weighted by molar-refractivity contribution is 8.00. The summed E-state index contributed by atoms with van der Waals surface area (Å²) in [7, 11) is 1.51. The summed E-state index contributed by atoms with van der Waals surface area (Å²) in [5.74, 6) is -0.162. The van der Waals surface area contributed by atoms with Gasteiger partial charge in [-0.2, -0.15) is 0 Å². The average Bonchev–Trinajstić information content (AvgIpc) is 3.83. The largest absolute Gasteiger partial charge is 0.503 e. The summed E-state index contributed by atoms with van der Waals surface area (Å²) in [6.07, 6.45) is 2.98. The van der Waals surface area contributed by atoms with E-state index in [0.29, 0.717) is 62.1 Å². The van der Waals surface area contributed by atoms with Crippen molar-refractivity contribution in [1.29, 1.82) is 0 Å². The van der Waals surface area contributed by atoms with Crippen molar-refractivity contribution in [2.45, 2.75) is 49.2 Å². The minimum absolute atomic E-state index is 0.0573. The van der Waals surface area contributed by atoms with Crippen LogP contribution in [0.3, 0.4) is 0 Å². The standard InChI is InChI=1S/C36H34ClN3O7S2/c1-4-6-7-17-46-25-16-13-22(18-27(25)45-5-2)30-29(31(41)28-19-23-9-8-10-26(44-3)33(23)47-28)32(42)34(43)40(30)35-38-39-36(49-35)48-20-21-11-14-24(37)15-12-21/h8-16,18-19,30,42H,4-7,17,20H2,1-3H3. The van der Waals surface area contributed by atoms with E-state index in [4.69, 9.17) is 30.2 Å². The van der Waals surface area contributed by atoms with E-state index in [1.807, 2.05) is 31.2 Å². The minimum Gasteiger partial charge on any atom is -0.503 e. The third-order valence-corrected chi connectivity index (χ3v) is 10.2. The van der Waals surface area contributed by atoms with Crippen molar-refractivity contribution in [3.05, 3.63) is 100.0 Å². The maximum Gasteiger partial charge on any atom is 0.296 e. The molecule has 3 aromatic carbocycles. The summed E-state index contributed by atoms with van der Waals surface area (Å²) >= 11 is 8.66. The zero-order valence-corrected chi connectivity index (χ0v) is 29.5. The van der Waals surface area contributed by atoms with Crippen LogP contribution in [0, 0.1) is 0 Å². The molecule has 1 atom stereocenters. The molecule has 0 saturated carbocycles. The third-order valence-electron chi connectivity index (χ3n) is 7.87. The fourth-order valence-electron chi connectivity index (χ4n) is 5.49. The second-order valence-electron chi connectivity index (χ2n) is 11.1. The zero-order valence-electron chi connectivity index (χ0n) is 27.1. The van der Waals surface area contributed by atoms with Crippen LogP contribution in [0.25, 0.3) is 11.0 Å². The van der Waals surface area contributed by atoms with Crippen LogP contribution in [0.15, 0.2) is 86.8 Å². The maximum atomic E-state index is 14.3.